The predicted octanol–water partition coefficient (Wildman–Crippen LogP) is 2.58. The largest absolute Gasteiger partial charge is 0.457 e. The molecule has 0 radical (unpaired) electrons. The van der Waals surface area contributed by atoms with Gasteiger partial charge >= 0.3 is 5.97 Å². The number of fused-ring (bicyclic) bond motifs is 1. The van der Waals surface area contributed by atoms with Gasteiger partial charge in [-0.3, -0.25) is 4.79 Å². The van der Waals surface area contributed by atoms with Crippen molar-refractivity contribution in [2.75, 3.05) is 12.1 Å². The number of hydrogen-bond donors (Lipinski definition) is 1. The second-order valence-corrected chi connectivity index (χ2v) is 4.84. The summed E-state index contributed by atoms with van der Waals surface area (Å²) in [6.07, 6.45) is 0.783. The van der Waals surface area contributed by atoms with Crippen LogP contribution in [0.25, 0.3) is 0 Å². The van der Waals surface area contributed by atoms with Crippen LogP contribution in [0, 0.1) is 0 Å². The van der Waals surface area contributed by atoms with Crippen molar-refractivity contribution in [1.29, 1.82) is 0 Å². The lowest BCUT2D eigenvalue weighted by molar-refractivity contribution is -0.124. The number of anilines is 1. The van der Waals surface area contributed by atoms with Crippen molar-refractivity contribution in [2.45, 2.75) is 19.4 Å². The Balaban J connectivity index is 1.64. The maximum atomic E-state index is 12.3. The molecule has 1 aromatic heterocycles. The summed E-state index contributed by atoms with van der Waals surface area (Å²) in [4.78, 5) is 24.1. The summed E-state index contributed by atoms with van der Waals surface area (Å²) < 4.78 is 20.6. The van der Waals surface area contributed by atoms with Gasteiger partial charge in [-0.2, -0.15) is 0 Å². The first-order valence-corrected chi connectivity index (χ1v) is 7.12. The first-order chi connectivity index (χ1) is 11.2. The molecule has 23 heavy (non-hydrogen) atoms. The van der Waals surface area contributed by atoms with E-state index in [9.17, 15) is 9.59 Å². The third-order valence-electron chi connectivity index (χ3n) is 3.27. The van der Waals surface area contributed by atoms with Crippen molar-refractivity contribution >= 4 is 17.6 Å². The van der Waals surface area contributed by atoms with Crippen LogP contribution < -0.4 is 14.8 Å². The lowest BCUT2D eigenvalue weighted by Crippen LogP contribution is -2.32. The van der Waals surface area contributed by atoms with Crippen molar-refractivity contribution < 1.29 is 28.2 Å². The SMILES string of the molecule is CCC(OC(=O)c1ccco1)C(=O)Nc1ccc2c(c1)OCO2. The summed E-state index contributed by atoms with van der Waals surface area (Å²) in [5, 5.41) is 2.69. The molecule has 0 aliphatic carbocycles. The van der Waals surface area contributed by atoms with E-state index in [1.165, 1.54) is 12.3 Å². The first-order valence-electron chi connectivity index (χ1n) is 7.12. The van der Waals surface area contributed by atoms with E-state index in [-0.39, 0.29) is 12.6 Å². The molecule has 1 unspecified atom stereocenters. The van der Waals surface area contributed by atoms with Gasteiger partial charge in [0.05, 0.1) is 6.26 Å². The second-order valence-electron chi connectivity index (χ2n) is 4.84. The summed E-state index contributed by atoms with van der Waals surface area (Å²) in [5.74, 6) is 0.135. The lowest BCUT2D eigenvalue weighted by atomic mass is 10.2. The predicted molar refractivity (Wildman–Crippen MR) is 79.4 cm³/mol. The zero-order valence-electron chi connectivity index (χ0n) is 12.4. The highest BCUT2D eigenvalue weighted by atomic mass is 16.7. The van der Waals surface area contributed by atoms with Crippen LogP contribution in [-0.4, -0.2) is 24.8 Å². The van der Waals surface area contributed by atoms with Crippen molar-refractivity contribution in [1.82, 2.24) is 0 Å². The third kappa shape index (κ3) is 3.28. The second kappa shape index (κ2) is 6.43. The molecule has 0 spiro atoms. The van der Waals surface area contributed by atoms with Crippen LogP contribution in [0.1, 0.15) is 23.9 Å². The van der Waals surface area contributed by atoms with Crippen LogP contribution in [-0.2, 0) is 9.53 Å². The van der Waals surface area contributed by atoms with Gasteiger partial charge in [0.1, 0.15) is 0 Å². The van der Waals surface area contributed by atoms with E-state index in [1.807, 2.05) is 0 Å². The smallest absolute Gasteiger partial charge is 0.374 e. The molecule has 2 heterocycles. The molecule has 2 aromatic rings. The summed E-state index contributed by atoms with van der Waals surface area (Å²) in [6.45, 7) is 1.91. The topological polar surface area (TPSA) is 87.0 Å². The minimum Gasteiger partial charge on any atom is -0.457 e. The van der Waals surface area contributed by atoms with E-state index in [1.54, 1.807) is 31.2 Å². The molecule has 120 valence electrons. The average molecular weight is 317 g/mol. The summed E-state index contributed by atoms with van der Waals surface area (Å²) in [6, 6.07) is 8.09. The molecule has 7 nitrogen and oxygen atoms in total. The summed E-state index contributed by atoms with van der Waals surface area (Å²) in [7, 11) is 0. The normalized spacial score (nSPS) is 13.4. The number of hydrogen-bond acceptors (Lipinski definition) is 6. The van der Waals surface area contributed by atoms with E-state index in [2.05, 4.69) is 5.32 Å². The van der Waals surface area contributed by atoms with Crippen LogP contribution in [0.2, 0.25) is 0 Å². The number of rotatable bonds is 5. The molecular weight excluding hydrogens is 302 g/mol. The zero-order valence-corrected chi connectivity index (χ0v) is 12.4. The van der Waals surface area contributed by atoms with Crippen LogP contribution >= 0.6 is 0 Å². The fourth-order valence-electron chi connectivity index (χ4n) is 2.10. The number of amides is 1. The van der Waals surface area contributed by atoms with E-state index < -0.39 is 18.0 Å². The highest BCUT2D eigenvalue weighted by Crippen LogP contribution is 2.34. The molecule has 0 bridgehead atoms. The highest BCUT2D eigenvalue weighted by molar-refractivity contribution is 5.97. The Morgan fingerprint density at radius 1 is 1.26 bits per heavy atom. The maximum Gasteiger partial charge on any atom is 0.374 e. The molecule has 1 aliphatic rings. The number of carbonyl (C=O) groups is 2. The van der Waals surface area contributed by atoms with Gasteiger partial charge in [-0.25, -0.2) is 4.79 Å². The van der Waals surface area contributed by atoms with Gasteiger partial charge in [0.2, 0.25) is 12.6 Å². The van der Waals surface area contributed by atoms with Crippen LogP contribution in [0.15, 0.2) is 41.0 Å². The number of ether oxygens (including phenoxy) is 3. The molecule has 0 saturated carbocycles. The molecule has 1 amide bonds. The van der Waals surface area contributed by atoms with E-state index in [0.717, 1.165) is 0 Å². The Kier molecular flexibility index (Phi) is 4.18. The van der Waals surface area contributed by atoms with Gasteiger partial charge in [0.15, 0.2) is 17.6 Å². The Morgan fingerprint density at radius 2 is 2.09 bits per heavy atom. The zero-order chi connectivity index (χ0) is 16.2. The summed E-state index contributed by atoms with van der Waals surface area (Å²) >= 11 is 0. The number of benzene rings is 1. The molecular formula is C16H15NO6. The van der Waals surface area contributed by atoms with Gasteiger partial charge < -0.3 is 23.9 Å². The number of nitrogens with one attached hydrogen (secondary N) is 1. The maximum absolute atomic E-state index is 12.3. The Morgan fingerprint density at radius 3 is 2.83 bits per heavy atom. The van der Waals surface area contributed by atoms with Crippen molar-refractivity contribution in [3.05, 3.63) is 42.4 Å². The van der Waals surface area contributed by atoms with Crippen molar-refractivity contribution in [3.8, 4) is 11.5 Å². The van der Waals surface area contributed by atoms with Crippen molar-refractivity contribution in [2.24, 2.45) is 0 Å². The van der Waals surface area contributed by atoms with Crippen LogP contribution in [0.4, 0.5) is 5.69 Å². The molecule has 1 atom stereocenters. The molecule has 1 aliphatic heterocycles. The minimum atomic E-state index is -0.918. The van der Waals surface area contributed by atoms with Gasteiger partial charge in [0.25, 0.3) is 5.91 Å². The molecule has 3 rings (SSSR count). The number of esters is 1. The van der Waals surface area contributed by atoms with Crippen molar-refractivity contribution in [3.63, 3.8) is 0 Å². The molecule has 1 N–H and O–H groups in total. The number of furan rings is 1. The number of carbonyl (C=O) groups excluding carboxylic acids is 2. The standard InChI is InChI=1S/C16H15NO6/c1-2-11(23-16(19)13-4-3-7-20-13)15(18)17-10-5-6-12-14(8-10)22-9-21-12/h3-8,11H,2,9H2,1H3,(H,17,18). The van der Waals surface area contributed by atoms with E-state index in [4.69, 9.17) is 18.6 Å². The lowest BCUT2D eigenvalue weighted by Gasteiger charge is -2.15. The fraction of sp³-hybridized carbons (Fsp3) is 0.250. The minimum absolute atomic E-state index is 0.0549. The molecule has 1 aromatic carbocycles. The van der Waals surface area contributed by atoms with Gasteiger partial charge in [-0.1, -0.05) is 6.92 Å². The quantitative estimate of drug-likeness (QED) is 0.853. The molecule has 0 fully saturated rings. The summed E-state index contributed by atoms with van der Waals surface area (Å²) in [5.41, 5.74) is 0.534. The van der Waals surface area contributed by atoms with Gasteiger partial charge in [0, 0.05) is 11.8 Å². The van der Waals surface area contributed by atoms with E-state index >= 15 is 0 Å². The van der Waals surface area contributed by atoms with Gasteiger partial charge in [-0.05, 0) is 30.7 Å². The van der Waals surface area contributed by atoms with E-state index in [0.29, 0.717) is 23.6 Å². The first kappa shape index (κ1) is 15.0. The highest BCUT2D eigenvalue weighted by Gasteiger charge is 2.24. The van der Waals surface area contributed by atoms with Crippen LogP contribution in [0.3, 0.4) is 0 Å². The van der Waals surface area contributed by atoms with Crippen LogP contribution in [0.5, 0.6) is 11.5 Å². The average Bonchev–Trinajstić information content (AvgIpc) is 3.22. The van der Waals surface area contributed by atoms with Gasteiger partial charge in [-0.15, -0.1) is 0 Å². The molecule has 0 saturated heterocycles. The Bertz CT molecular complexity index is 709. The monoisotopic (exact) mass is 317 g/mol. The fourth-order valence-corrected chi connectivity index (χ4v) is 2.10. The Hall–Kier alpha value is -2.96. The molecule has 7 heteroatoms. The third-order valence-corrected chi connectivity index (χ3v) is 3.27. The Labute approximate surface area is 132 Å².